The Labute approximate surface area is 134 Å². The van der Waals surface area contributed by atoms with E-state index in [-0.39, 0.29) is 5.56 Å². The van der Waals surface area contributed by atoms with Crippen molar-refractivity contribution in [3.63, 3.8) is 0 Å². The summed E-state index contributed by atoms with van der Waals surface area (Å²) in [5, 5.41) is 17.5. The van der Waals surface area contributed by atoms with Crippen molar-refractivity contribution in [1.29, 1.82) is 0 Å². The van der Waals surface area contributed by atoms with Gasteiger partial charge in [-0.3, -0.25) is 4.79 Å². The summed E-state index contributed by atoms with van der Waals surface area (Å²) in [4.78, 5) is 14.1. The van der Waals surface area contributed by atoms with Crippen LogP contribution in [0.25, 0.3) is 0 Å². The molecule has 0 bridgehead atoms. The maximum absolute atomic E-state index is 12.2. The highest BCUT2D eigenvalue weighted by Crippen LogP contribution is 2.17. The Hall–Kier alpha value is -0.920. The number of hydrogen-bond acceptors (Lipinski definition) is 5. The molecule has 0 fully saturated rings. The first-order chi connectivity index (χ1) is 9.62. The third-order valence-corrected chi connectivity index (χ3v) is 3.61. The van der Waals surface area contributed by atoms with Crippen molar-refractivity contribution in [3.05, 3.63) is 21.0 Å². The van der Waals surface area contributed by atoms with E-state index in [4.69, 9.17) is 0 Å². The highest BCUT2D eigenvalue weighted by Gasteiger charge is 2.22. The molecule has 1 atom stereocenters. The lowest BCUT2D eigenvalue weighted by atomic mass is 10.1. The van der Waals surface area contributed by atoms with Crippen LogP contribution in [0.4, 0.5) is 5.69 Å². The second-order valence-corrected chi connectivity index (χ2v) is 7.13. The number of nitrogens with zero attached hydrogens (tertiary/aromatic N) is 3. The Kier molecular flexibility index (Phi) is 6.37. The van der Waals surface area contributed by atoms with E-state index in [9.17, 15) is 9.90 Å². The Morgan fingerprint density at radius 2 is 2.14 bits per heavy atom. The molecule has 1 unspecified atom stereocenters. The maximum atomic E-state index is 12.2. The van der Waals surface area contributed by atoms with Gasteiger partial charge in [0.1, 0.15) is 4.47 Å². The predicted octanol–water partition coefficient (Wildman–Crippen LogP) is 1.39. The fourth-order valence-electron chi connectivity index (χ4n) is 2.09. The summed E-state index contributed by atoms with van der Waals surface area (Å²) in [6.07, 6.45) is 1.61. The lowest BCUT2D eigenvalue weighted by Crippen LogP contribution is -2.43. The summed E-state index contributed by atoms with van der Waals surface area (Å²) in [5.74, 6) is 0.349. The third-order valence-electron chi connectivity index (χ3n) is 2.84. The fourth-order valence-corrected chi connectivity index (χ4v) is 2.53. The van der Waals surface area contributed by atoms with Gasteiger partial charge in [0.2, 0.25) is 0 Å². The molecule has 1 rings (SSSR count). The van der Waals surface area contributed by atoms with Crippen LogP contribution in [0.3, 0.4) is 0 Å². The molecule has 0 aliphatic heterocycles. The Morgan fingerprint density at radius 3 is 2.67 bits per heavy atom. The number of hydrogen-bond donors (Lipinski definition) is 2. The molecule has 0 saturated carbocycles. The van der Waals surface area contributed by atoms with Crippen LogP contribution in [-0.4, -0.2) is 52.6 Å². The molecule has 21 heavy (non-hydrogen) atoms. The van der Waals surface area contributed by atoms with Crippen LogP contribution in [0, 0.1) is 5.92 Å². The van der Waals surface area contributed by atoms with Crippen LogP contribution in [0.1, 0.15) is 20.8 Å². The quantitative estimate of drug-likeness (QED) is 0.768. The van der Waals surface area contributed by atoms with E-state index >= 15 is 0 Å². The van der Waals surface area contributed by atoms with Gasteiger partial charge in [-0.25, -0.2) is 4.68 Å². The van der Waals surface area contributed by atoms with Gasteiger partial charge in [0.15, 0.2) is 0 Å². The molecular weight excluding hydrogens is 336 g/mol. The molecule has 1 aromatic heterocycles. The molecule has 0 spiro atoms. The second-order valence-electron chi connectivity index (χ2n) is 6.34. The third kappa shape index (κ3) is 5.76. The lowest BCUT2D eigenvalue weighted by Gasteiger charge is -2.27. The molecule has 6 nitrogen and oxygen atoms in total. The predicted molar refractivity (Wildman–Crippen MR) is 88.7 cm³/mol. The molecule has 1 heterocycles. The number of nitrogens with one attached hydrogen (secondary N) is 1. The summed E-state index contributed by atoms with van der Waals surface area (Å²) in [5.41, 5.74) is -0.463. The molecule has 0 radical (unpaired) electrons. The van der Waals surface area contributed by atoms with Crippen LogP contribution < -0.4 is 10.9 Å². The van der Waals surface area contributed by atoms with E-state index in [1.54, 1.807) is 13.1 Å². The standard InChI is InChI=1S/C14H25BrN4O2/c1-10(2)7-19-13(20)12(15)11(6-17-19)16-8-14(3,21)9-18(4)5/h6,10,16,21H,7-9H2,1-5H3. The summed E-state index contributed by atoms with van der Waals surface area (Å²) < 4.78 is 1.89. The van der Waals surface area contributed by atoms with Crippen molar-refractivity contribution < 1.29 is 5.11 Å². The molecule has 7 heteroatoms. The Morgan fingerprint density at radius 1 is 1.52 bits per heavy atom. The van der Waals surface area contributed by atoms with E-state index in [1.807, 2.05) is 32.8 Å². The van der Waals surface area contributed by atoms with Gasteiger partial charge in [0, 0.05) is 19.6 Å². The van der Waals surface area contributed by atoms with Crippen molar-refractivity contribution in [2.24, 2.45) is 5.92 Å². The largest absolute Gasteiger partial charge is 0.387 e. The van der Waals surface area contributed by atoms with E-state index < -0.39 is 5.60 Å². The van der Waals surface area contributed by atoms with Gasteiger partial charge in [-0.1, -0.05) is 13.8 Å². The Balaban J connectivity index is 2.82. The van der Waals surface area contributed by atoms with Crippen molar-refractivity contribution >= 4 is 21.6 Å². The highest BCUT2D eigenvalue weighted by atomic mass is 79.9. The smallest absolute Gasteiger partial charge is 0.283 e. The monoisotopic (exact) mass is 360 g/mol. The number of aliphatic hydroxyl groups is 1. The van der Waals surface area contributed by atoms with Gasteiger partial charge < -0.3 is 15.3 Å². The average Bonchev–Trinajstić information content (AvgIpc) is 2.32. The molecule has 120 valence electrons. The molecule has 1 aromatic rings. The van der Waals surface area contributed by atoms with E-state index in [0.717, 1.165) is 0 Å². The molecular formula is C14H25BrN4O2. The fraction of sp³-hybridized carbons (Fsp3) is 0.714. The second kappa shape index (κ2) is 7.38. The first-order valence-corrected chi connectivity index (χ1v) is 7.78. The maximum Gasteiger partial charge on any atom is 0.283 e. The van der Waals surface area contributed by atoms with Gasteiger partial charge >= 0.3 is 0 Å². The summed E-state index contributed by atoms with van der Waals surface area (Å²) in [7, 11) is 3.80. The first kappa shape index (κ1) is 18.1. The minimum Gasteiger partial charge on any atom is -0.387 e. The zero-order valence-electron chi connectivity index (χ0n) is 13.4. The molecule has 0 amide bonds. The van der Waals surface area contributed by atoms with Crippen LogP contribution in [-0.2, 0) is 6.54 Å². The van der Waals surface area contributed by atoms with E-state index in [2.05, 4.69) is 26.3 Å². The number of halogens is 1. The van der Waals surface area contributed by atoms with Crippen LogP contribution in [0.15, 0.2) is 15.5 Å². The molecule has 0 saturated heterocycles. The SMILES string of the molecule is CC(C)Cn1ncc(NCC(C)(O)CN(C)C)c(Br)c1=O. The number of rotatable bonds is 7. The van der Waals surface area contributed by atoms with Crippen LogP contribution >= 0.6 is 15.9 Å². The number of anilines is 1. The Bertz CT molecular complexity index is 526. The van der Waals surface area contributed by atoms with Gasteiger partial charge in [0.25, 0.3) is 5.56 Å². The number of aromatic nitrogens is 2. The van der Waals surface area contributed by atoms with Gasteiger partial charge in [-0.2, -0.15) is 5.10 Å². The lowest BCUT2D eigenvalue weighted by molar-refractivity contribution is 0.0459. The molecule has 2 N–H and O–H groups in total. The zero-order valence-corrected chi connectivity index (χ0v) is 14.9. The van der Waals surface area contributed by atoms with E-state index in [0.29, 0.717) is 35.7 Å². The minimum atomic E-state index is -0.893. The zero-order chi connectivity index (χ0) is 16.2. The van der Waals surface area contributed by atoms with Crippen molar-refractivity contribution in [3.8, 4) is 0 Å². The van der Waals surface area contributed by atoms with Gasteiger partial charge in [0.05, 0.1) is 17.5 Å². The number of likely N-dealkylation sites (N-methyl/N-ethyl adjacent to an activating group) is 1. The van der Waals surface area contributed by atoms with Crippen molar-refractivity contribution in [1.82, 2.24) is 14.7 Å². The summed E-state index contributed by atoms with van der Waals surface area (Å²) in [6.45, 7) is 7.26. The van der Waals surface area contributed by atoms with Gasteiger partial charge in [-0.05, 0) is 42.9 Å². The molecule has 0 aromatic carbocycles. The summed E-state index contributed by atoms with van der Waals surface area (Å²) in [6, 6.07) is 0. The van der Waals surface area contributed by atoms with Crippen LogP contribution in [0.5, 0.6) is 0 Å². The van der Waals surface area contributed by atoms with Gasteiger partial charge in [-0.15, -0.1) is 0 Å². The minimum absolute atomic E-state index is 0.166. The topological polar surface area (TPSA) is 70.4 Å². The van der Waals surface area contributed by atoms with Crippen molar-refractivity contribution in [2.75, 3.05) is 32.5 Å². The molecule has 0 aliphatic rings. The highest BCUT2D eigenvalue weighted by molar-refractivity contribution is 9.10. The van der Waals surface area contributed by atoms with Crippen molar-refractivity contribution in [2.45, 2.75) is 32.9 Å². The molecule has 0 aliphatic carbocycles. The average molecular weight is 361 g/mol. The van der Waals surface area contributed by atoms with E-state index in [1.165, 1.54) is 4.68 Å². The van der Waals surface area contributed by atoms with Crippen LogP contribution in [0.2, 0.25) is 0 Å². The first-order valence-electron chi connectivity index (χ1n) is 6.99. The normalized spacial score (nSPS) is 14.5. The summed E-state index contributed by atoms with van der Waals surface area (Å²) >= 11 is 3.31.